The van der Waals surface area contributed by atoms with Crippen molar-refractivity contribution in [2.24, 2.45) is 5.92 Å². The summed E-state index contributed by atoms with van der Waals surface area (Å²) in [5.41, 5.74) is 2.10. The van der Waals surface area contributed by atoms with E-state index in [4.69, 9.17) is 4.74 Å². The fourth-order valence-corrected chi connectivity index (χ4v) is 1.58. The second kappa shape index (κ2) is 6.98. The fourth-order valence-electron chi connectivity index (χ4n) is 1.58. The maximum atomic E-state index is 11.7. The van der Waals surface area contributed by atoms with Crippen LogP contribution in [-0.2, 0) is 4.79 Å². The largest absolute Gasteiger partial charge is 0.471 e. The Kier molecular flexibility index (Phi) is 5.61. The number of hydrogen-bond donors (Lipinski definition) is 1. The van der Waals surface area contributed by atoms with Gasteiger partial charge < -0.3 is 10.1 Å². The number of allylic oxidation sites excluding steroid dienone is 1. The molecule has 0 heterocycles. The topological polar surface area (TPSA) is 38.3 Å². The van der Waals surface area contributed by atoms with Crippen molar-refractivity contribution in [2.45, 2.75) is 40.3 Å². The Morgan fingerprint density at radius 1 is 1.32 bits per heavy atom. The van der Waals surface area contributed by atoms with Gasteiger partial charge in [0.1, 0.15) is 5.75 Å². The molecule has 19 heavy (non-hydrogen) atoms. The Balaban J connectivity index is 2.55. The first-order chi connectivity index (χ1) is 8.93. The molecule has 0 aliphatic heterocycles. The summed E-state index contributed by atoms with van der Waals surface area (Å²) in [6, 6.07) is 7.69. The van der Waals surface area contributed by atoms with Gasteiger partial charge in [-0.05, 0) is 38.0 Å². The molecule has 0 aliphatic rings. The molecule has 2 atom stereocenters. The Morgan fingerprint density at radius 3 is 2.37 bits per heavy atom. The molecule has 2 unspecified atom stereocenters. The lowest BCUT2D eigenvalue weighted by atomic mass is 10.1. The minimum atomic E-state index is -0.336. The summed E-state index contributed by atoms with van der Waals surface area (Å²) in [5.74, 6) is 0.771. The van der Waals surface area contributed by atoms with E-state index >= 15 is 0 Å². The molecule has 3 heteroatoms. The Bertz CT molecular complexity index is 437. The van der Waals surface area contributed by atoms with Crippen molar-refractivity contribution >= 4 is 11.5 Å². The van der Waals surface area contributed by atoms with Crippen LogP contribution in [0.3, 0.4) is 0 Å². The van der Waals surface area contributed by atoms with Crippen LogP contribution in [0.2, 0.25) is 0 Å². The highest BCUT2D eigenvalue weighted by Crippen LogP contribution is 2.17. The van der Waals surface area contributed by atoms with Gasteiger partial charge in [0.05, 0.1) is 0 Å². The van der Waals surface area contributed by atoms with Crippen molar-refractivity contribution in [3.05, 3.63) is 36.4 Å². The molecule has 1 amide bonds. The van der Waals surface area contributed by atoms with E-state index in [2.05, 4.69) is 11.9 Å². The van der Waals surface area contributed by atoms with Crippen molar-refractivity contribution in [1.82, 2.24) is 5.32 Å². The number of rotatable bonds is 6. The van der Waals surface area contributed by atoms with Crippen LogP contribution in [0.5, 0.6) is 5.75 Å². The van der Waals surface area contributed by atoms with Gasteiger partial charge in [-0.15, -0.1) is 0 Å². The first kappa shape index (κ1) is 15.3. The molecule has 0 spiro atoms. The highest BCUT2D eigenvalue weighted by molar-refractivity contribution is 5.78. The van der Waals surface area contributed by atoms with Crippen LogP contribution < -0.4 is 10.1 Å². The van der Waals surface area contributed by atoms with Crippen LogP contribution in [0.25, 0.3) is 5.57 Å². The molecule has 0 aliphatic carbocycles. The molecule has 0 saturated carbocycles. The maximum Gasteiger partial charge on any atom is 0.225 e. The zero-order valence-corrected chi connectivity index (χ0v) is 12.2. The van der Waals surface area contributed by atoms with Crippen molar-refractivity contribution in [3.8, 4) is 5.75 Å². The summed E-state index contributed by atoms with van der Waals surface area (Å²) in [6.07, 6.45) is 0.489. The summed E-state index contributed by atoms with van der Waals surface area (Å²) in [7, 11) is 0. The summed E-state index contributed by atoms with van der Waals surface area (Å²) in [4.78, 5) is 11.7. The van der Waals surface area contributed by atoms with Gasteiger partial charge in [-0.1, -0.05) is 38.1 Å². The normalized spacial score (nSPS) is 13.5. The molecule has 0 fully saturated rings. The smallest absolute Gasteiger partial charge is 0.225 e. The Labute approximate surface area is 115 Å². The number of benzene rings is 1. The minimum Gasteiger partial charge on any atom is -0.471 e. The van der Waals surface area contributed by atoms with E-state index in [9.17, 15) is 4.79 Å². The van der Waals surface area contributed by atoms with Crippen LogP contribution in [-0.4, -0.2) is 12.1 Å². The summed E-state index contributed by atoms with van der Waals surface area (Å²) in [6.45, 7) is 11.6. The number of carbonyl (C=O) groups excluding carboxylic acids is 1. The lowest BCUT2D eigenvalue weighted by Crippen LogP contribution is -2.39. The molecule has 1 rings (SSSR count). The van der Waals surface area contributed by atoms with Gasteiger partial charge in [-0.25, -0.2) is 0 Å². The maximum absolute atomic E-state index is 11.7. The van der Waals surface area contributed by atoms with Gasteiger partial charge in [0.2, 0.25) is 5.91 Å². The molecule has 1 N–H and O–H groups in total. The summed E-state index contributed by atoms with van der Waals surface area (Å²) < 4.78 is 5.65. The van der Waals surface area contributed by atoms with Gasteiger partial charge in [0.25, 0.3) is 0 Å². The zero-order chi connectivity index (χ0) is 14.4. The van der Waals surface area contributed by atoms with Crippen molar-refractivity contribution < 1.29 is 9.53 Å². The number of amides is 1. The predicted octanol–water partition coefficient (Wildman–Crippen LogP) is 3.61. The number of carbonyl (C=O) groups is 1. The standard InChI is InChI=1S/C16H23NO2/c1-6-12(4)16(18)17-13(5)19-15-9-7-14(8-10-15)11(2)3/h7-10,12-13H,2,6H2,1,3-5H3,(H,17,18). The summed E-state index contributed by atoms with van der Waals surface area (Å²) in [5, 5.41) is 2.84. The van der Waals surface area contributed by atoms with Crippen LogP contribution in [0.15, 0.2) is 30.8 Å². The highest BCUT2D eigenvalue weighted by Gasteiger charge is 2.13. The molecule has 0 radical (unpaired) electrons. The average molecular weight is 261 g/mol. The molecule has 1 aromatic carbocycles. The van der Waals surface area contributed by atoms with Crippen LogP contribution >= 0.6 is 0 Å². The molecule has 0 saturated heterocycles. The summed E-state index contributed by atoms with van der Waals surface area (Å²) >= 11 is 0. The second-order valence-corrected chi connectivity index (χ2v) is 4.88. The van der Waals surface area contributed by atoms with E-state index in [-0.39, 0.29) is 18.1 Å². The van der Waals surface area contributed by atoms with Crippen LogP contribution in [0, 0.1) is 5.92 Å². The molecular weight excluding hydrogens is 238 g/mol. The zero-order valence-electron chi connectivity index (χ0n) is 12.2. The van der Waals surface area contributed by atoms with Crippen LogP contribution in [0.4, 0.5) is 0 Å². The Morgan fingerprint density at radius 2 is 1.89 bits per heavy atom. The number of hydrogen-bond acceptors (Lipinski definition) is 2. The van der Waals surface area contributed by atoms with Gasteiger partial charge in [0, 0.05) is 5.92 Å². The lowest BCUT2D eigenvalue weighted by Gasteiger charge is -2.18. The fraction of sp³-hybridized carbons (Fsp3) is 0.438. The highest BCUT2D eigenvalue weighted by atomic mass is 16.5. The third kappa shape index (κ3) is 4.78. The third-order valence-corrected chi connectivity index (χ3v) is 3.07. The van der Waals surface area contributed by atoms with Crippen LogP contribution in [0.1, 0.15) is 39.7 Å². The number of ether oxygens (including phenoxy) is 1. The first-order valence-corrected chi connectivity index (χ1v) is 6.67. The van der Waals surface area contributed by atoms with E-state index in [1.165, 1.54) is 0 Å². The van der Waals surface area contributed by atoms with Gasteiger partial charge in [-0.3, -0.25) is 4.79 Å². The SMILES string of the molecule is C=C(C)c1ccc(OC(C)NC(=O)C(C)CC)cc1. The van der Waals surface area contributed by atoms with Gasteiger partial charge >= 0.3 is 0 Å². The van der Waals surface area contributed by atoms with Gasteiger partial charge in [0.15, 0.2) is 6.23 Å². The van der Waals surface area contributed by atoms with Crippen molar-refractivity contribution in [1.29, 1.82) is 0 Å². The molecular formula is C16H23NO2. The van der Waals surface area contributed by atoms with E-state index in [1.54, 1.807) is 0 Å². The molecule has 1 aromatic rings. The molecule has 0 aromatic heterocycles. The van der Waals surface area contributed by atoms with Gasteiger partial charge in [-0.2, -0.15) is 0 Å². The van der Waals surface area contributed by atoms with E-state index < -0.39 is 0 Å². The minimum absolute atomic E-state index is 0.0110. The first-order valence-electron chi connectivity index (χ1n) is 6.67. The third-order valence-electron chi connectivity index (χ3n) is 3.07. The quantitative estimate of drug-likeness (QED) is 0.794. The number of nitrogens with one attached hydrogen (secondary N) is 1. The molecule has 0 bridgehead atoms. The lowest BCUT2D eigenvalue weighted by molar-refractivity contribution is -0.126. The average Bonchev–Trinajstić information content (AvgIpc) is 2.38. The Hall–Kier alpha value is -1.77. The van der Waals surface area contributed by atoms with Crippen molar-refractivity contribution in [2.75, 3.05) is 0 Å². The molecule has 104 valence electrons. The predicted molar refractivity (Wildman–Crippen MR) is 78.8 cm³/mol. The second-order valence-electron chi connectivity index (χ2n) is 4.88. The van der Waals surface area contributed by atoms with Crippen molar-refractivity contribution in [3.63, 3.8) is 0 Å². The van der Waals surface area contributed by atoms with E-state index in [0.717, 1.165) is 23.3 Å². The molecule has 3 nitrogen and oxygen atoms in total. The van der Waals surface area contributed by atoms with E-state index in [1.807, 2.05) is 52.0 Å². The monoisotopic (exact) mass is 261 g/mol. The van der Waals surface area contributed by atoms with E-state index in [0.29, 0.717) is 0 Å².